The van der Waals surface area contributed by atoms with Gasteiger partial charge in [0.25, 0.3) is 0 Å². The summed E-state index contributed by atoms with van der Waals surface area (Å²) in [6, 6.07) is 9.72. The molecule has 0 fully saturated rings. The van der Waals surface area contributed by atoms with Gasteiger partial charge in [-0.05, 0) is 67.6 Å². The number of aromatic nitrogens is 1. The van der Waals surface area contributed by atoms with Gasteiger partial charge in [0.2, 0.25) is 12.0 Å². The summed E-state index contributed by atoms with van der Waals surface area (Å²) in [5, 5.41) is 10.1. The Morgan fingerprint density at radius 3 is 2.86 bits per heavy atom. The molecule has 1 aliphatic rings. The molecule has 1 atom stereocenters. The standard InChI is InChI=1S/C23H26FN9OS/c1-23(14-35-33(22(27)31-23)9-3-2-8-29-15-34)18-10-17(5-6-19(18)24)20(26)13-32(28)21-7-4-16(11-25)12-30-21/h4-7,10,12-13H,2-3,8-9,14,26,28H2,1H3,(H2,27,31)/b20-13-/t23-/m0/s1. The minimum atomic E-state index is -0.898. The summed E-state index contributed by atoms with van der Waals surface area (Å²) < 4.78 is 16.8. The number of unbranched alkanes of at least 4 members (excludes halogenated alkanes) is 1. The highest BCUT2D eigenvalue weighted by atomic mass is 32.2. The number of benzene rings is 1. The number of nitrogens with zero attached hydrogens (tertiary/aromatic N) is 6. The van der Waals surface area contributed by atoms with Crippen LogP contribution in [0, 0.1) is 17.1 Å². The van der Waals surface area contributed by atoms with Crippen LogP contribution in [-0.2, 0) is 10.3 Å². The van der Waals surface area contributed by atoms with Gasteiger partial charge in [0.1, 0.15) is 23.2 Å². The number of carbonyl (C=O) groups excluding carboxylic acids is 1. The van der Waals surface area contributed by atoms with Crippen LogP contribution >= 0.6 is 11.9 Å². The first-order valence-corrected chi connectivity index (χ1v) is 11.7. The molecule has 0 saturated carbocycles. The summed E-state index contributed by atoms with van der Waals surface area (Å²) in [5.74, 6) is 6.80. The Bertz CT molecular complexity index is 1200. The second kappa shape index (κ2) is 11.5. The fourth-order valence-electron chi connectivity index (χ4n) is 3.43. The number of nitrogens with two attached hydrogens (primary N) is 3. The Morgan fingerprint density at radius 1 is 1.40 bits per heavy atom. The van der Waals surface area contributed by atoms with Gasteiger partial charge in [-0.2, -0.15) is 5.26 Å². The number of anilines is 1. The maximum absolute atomic E-state index is 14.9. The molecule has 0 aliphatic carbocycles. The predicted molar refractivity (Wildman–Crippen MR) is 135 cm³/mol. The Morgan fingerprint density at radius 2 is 2.20 bits per heavy atom. The van der Waals surface area contributed by atoms with Crippen molar-refractivity contribution >= 4 is 35.5 Å². The van der Waals surface area contributed by atoms with Gasteiger partial charge < -0.3 is 11.5 Å². The normalized spacial score (nSPS) is 17.8. The highest BCUT2D eigenvalue weighted by Crippen LogP contribution is 2.37. The maximum Gasteiger partial charge on any atom is 0.234 e. The van der Waals surface area contributed by atoms with E-state index in [0.29, 0.717) is 53.0 Å². The van der Waals surface area contributed by atoms with Crippen LogP contribution in [-0.4, -0.2) is 40.2 Å². The van der Waals surface area contributed by atoms with E-state index in [2.05, 4.69) is 15.0 Å². The van der Waals surface area contributed by atoms with E-state index in [-0.39, 0.29) is 0 Å². The van der Waals surface area contributed by atoms with Crippen molar-refractivity contribution in [2.45, 2.75) is 25.3 Å². The minimum absolute atomic E-state index is 0.295. The van der Waals surface area contributed by atoms with Crippen LogP contribution in [0.3, 0.4) is 0 Å². The van der Waals surface area contributed by atoms with Gasteiger partial charge in [-0.15, -0.1) is 0 Å². The van der Waals surface area contributed by atoms with Gasteiger partial charge in [-0.3, -0.25) is 9.31 Å². The van der Waals surface area contributed by atoms with Crippen LogP contribution in [0.25, 0.3) is 5.70 Å². The molecule has 6 N–H and O–H groups in total. The first kappa shape index (κ1) is 25.7. The topological polar surface area (TPSA) is 163 Å². The van der Waals surface area contributed by atoms with E-state index >= 15 is 0 Å². The second-order valence-corrected chi connectivity index (χ2v) is 8.99. The quantitative estimate of drug-likeness (QED) is 0.118. The molecule has 2 heterocycles. The molecule has 0 spiro atoms. The number of pyridine rings is 1. The summed E-state index contributed by atoms with van der Waals surface area (Å²) in [4.78, 5) is 22.4. The van der Waals surface area contributed by atoms with Crippen LogP contribution in [0.1, 0.15) is 36.5 Å². The van der Waals surface area contributed by atoms with Gasteiger partial charge in [-0.25, -0.2) is 30.0 Å². The lowest BCUT2D eigenvalue weighted by molar-refractivity contribution is 0.481. The Kier molecular flexibility index (Phi) is 8.43. The molecule has 12 heteroatoms. The zero-order valence-corrected chi connectivity index (χ0v) is 20.0. The number of rotatable bonds is 9. The van der Waals surface area contributed by atoms with E-state index in [1.54, 1.807) is 24.3 Å². The average Bonchev–Trinajstić information content (AvgIpc) is 2.85. The molecular weight excluding hydrogens is 469 g/mol. The van der Waals surface area contributed by atoms with E-state index in [0.717, 1.165) is 12.8 Å². The summed E-state index contributed by atoms with van der Waals surface area (Å²) in [6.45, 7) is 2.88. The average molecular weight is 496 g/mol. The summed E-state index contributed by atoms with van der Waals surface area (Å²) >= 11 is 1.47. The third-order valence-corrected chi connectivity index (χ3v) is 6.74. The van der Waals surface area contributed by atoms with Crippen molar-refractivity contribution in [3.05, 3.63) is 65.2 Å². The third kappa shape index (κ3) is 6.36. The molecule has 182 valence electrons. The molecule has 10 nitrogen and oxygen atoms in total. The molecule has 0 bridgehead atoms. The number of hydrazine groups is 1. The lowest BCUT2D eigenvalue weighted by atomic mass is 9.92. The first-order valence-electron chi connectivity index (χ1n) is 10.7. The fourth-order valence-corrected chi connectivity index (χ4v) is 4.49. The number of nitriles is 1. The molecule has 0 saturated heterocycles. The van der Waals surface area contributed by atoms with Crippen LogP contribution in [0.2, 0.25) is 0 Å². The van der Waals surface area contributed by atoms with Crippen molar-refractivity contribution in [2.75, 3.05) is 23.9 Å². The molecule has 1 aromatic heterocycles. The molecule has 0 amide bonds. The van der Waals surface area contributed by atoms with Gasteiger partial charge in [-0.1, -0.05) is 0 Å². The van der Waals surface area contributed by atoms with Crippen LogP contribution in [0.5, 0.6) is 0 Å². The van der Waals surface area contributed by atoms with Crippen LogP contribution in [0.4, 0.5) is 10.2 Å². The Labute approximate surface area is 207 Å². The van der Waals surface area contributed by atoms with Crippen LogP contribution in [0.15, 0.2) is 52.7 Å². The number of aliphatic imine (C=N–C) groups is 2. The van der Waals surface area contributed by atoms with Crippen molar-refractivity contribution in [3.63, 3.8) is 0 Å². The van der Waals surface area contributed by atoms with E-state index in [4.69, 9.17) is 22.6 Å². The smallest absolute Gasteiger partial charge is 0.234 e. The van der Waals surface area contributed by atoms with E-state index in [1.807, 2.05) is 17.3 Å². The fraction of sp³-hybridized carbons (Fsp3) is 0.304. The van der Waals surface area contributed by atoms with Gasteiger partial charge in [0.15, 0.2) is 0 Å². The van der Waals surface area contributed by atoms with Gasteiger partial charge in [0, 0.05) is 30.3 Å². The largest absolute Gasteiger partial charge is 0.397 e. The summed E-state index contributed by atoms with van der Waals surface area (Å²) in [5.41, 5.74) is 13.2. The number of hydrogen-bond donors (Lipinski definition) is 3. The number of halogens is 1. The number of isocyanates is 1. The zero-order chi connectivity index (χ0) is 25.4. The van der Waals surface area contributed by atoms with Crippen molar-refractivity contribution in [3.8, 4) is 6.07 Å². The number of guanidine groups is 1. The molecule has 1 aliphatic heterocycles. The van der Waals surface area contributed by atoms with Gasteiger partial charge in [0.05, 0.1) is 17.8 Å². The second-order valence-electron chi connectivity index (χ2n) is 8.00. The van der Waals surface area contributed by atoms with Crippen molar-refractivity contribution in [1.29, 1.82) is 5.26 Å². The van der Waals surface area contributed by atoms with Gasteiger partial charge >= 0.3 is 0 Å². The Balaban J connectivity index is 1.78. The SMILES string of the molecule is C[C@@]1(c2cc(/C(N)=C/N(N)c3ccc(C#N)cn3)ccc2F)CSN(CCCCN=C=O)C(N)=N1. The molecular formula is C23H26FN9OS. The lowest BCUT2D eigenvalue weighted by Gasteiger charge is -2.36. The molecule has 0 radical (unpaired) electrons. The highest BCUT2D eigenvalue weighted by molar-refractivity contribution is 7.97. The number of hydrogen-bond acceptors (Lipinski definition) is 11. The molecule has 1 aromatic carbocycles. The molecule has 3 rings (SSSR count). The zero-order valence-electron chi connectivity index (χ0n) is 19.2. The van der Waals surface area contributed by atoms with Crippen molar-refractivity contribution < 1.29 is 9.18 Å². The summed E-state index contributed by atoms with van der Waals surface area (Å²) in [7, 11) is 0. The predicted octanol–water partition coefficient (Wildman–Crippen LogP) is 2.34. The van der Waals surface area contributed by atoms with E-state index < -0.39 is 11.4 Å². The highest BCUT2D eigenvalue weighted by Gasteiger charge is 2.35. The first-order chi connectivity index (χ1) is 16.8. The molecule has 0 unspecified atom stereocenters. The van der Waals surface area contributed by atoms with E-state index in [9.17, 15) is 9.18 Å². The van der Waals surface area contributed by atoms with Crippen molar-refractivity contribution in [2.24, 2.45) is 27.3 Å². The Hall–Kier alpha value is -3.91. The lowest BCUT2D eigenvalue weighted by Crippen LogP contribution is -2.42. The summed E-state index contributed by atoms with van der Waals surface area (Å²) in [6.07, 6.45) is 5.90. The maximum atomic E-state index is 14.9. The monoisotopic (exact) mass is 495 g/mol. The molecule has 2 aromatic rings. The van der Waals surface area contributed by atoms with Crippen molar-refractivity contribution in [1.82, 2.24) is 9.29 Å². The third-order valence-electron chi connectivity index (χ3n) is 5.36. The van der Waals surface area contributed by atoms with E-state index in [1.165, 1.54) is 41.5 Å². The van der Waals surface area contributed by atoms with Crippen LogP contribution < -0.4 is 22.3 Å². The molecule has 35 heavy (non-hydrogen) atoms. The minimum Gasteiger partial charge on any atom is -0.397 e.